The van der Waals surface area contributed by atoms with Gasteiger partial charge in [-0.25, -0.2) is 0 Å². The summed E-state index contributed by atoms with van der Waals surface area (Å²) in [4.78, 5) is 0. The molecule has 2 aliphatic rings. The summed E-state index contributed by atoms with van der Waals surface area (Å²) in [5, 5.41) is 3.63. The van der Waals surface area contributed by atoms with E-state index in [9.17, 15) is 0 Å². The van der Waals surface area contributed by atoms with Gasteiger partial charge in [-0.2, -0.15) is 0 Å². The molecule has 0 amide bonds. The number of hydrogen-bond acceptors (Lipinski definition) is 2. The monoisotopic (exact) mass is 243 g/mol. The molecule has 1 N–H and O–H groups in total. The zero-order valence-electron chi connectivity index (χ0n) is 11.1. The Morgan fingerprint density at radius 3 is 2.72 bits per heavy atom. The molecular weight excluding hydrogens is 222 g/mol. The molecule has 1 aromatic carbocycles. The summed E-state index contributed by atoms with van der Waals surface area (Å²) in [6.45, 7) is 2.30. The van der Waals surface area contributed by atoms with Gasteiger partial charge < -0.3 is 10.1 Å². The fourth-order valence-electron chi connectivity index (χ4n) is 3.51. The highest BCUT2D eigenvalue weighted by molar-refractivity contribution is 5.56. The van der Waals surface area contributed by atoms with E-state index in [0.29, 0.717) is 6.04 Å². The van der Waals surface area contributed by atoms with Gasteiger partial charge in [0.25, 0.3) is 0 Å². The number of methoxy groups -OCH3 is 1. The molecule has 4 atom stereocenters. The lowest BCUT2D eigenvalue weighted by atomic mass is 9.87. The van der Waals surface area contributed by atoms with E-state index in [1.54, 1.807) is 7.11 Å². The van der Waals surface area contributed by atoms with Crippen LogP contribution in [-0.2, 0) is 0 Å². The minimum absolute atomic E-state index is 0.501. The van der Waals surface area contributed by atoms with Gasteiger partial charge in [-0.15, -0.1) is 0 Å². The Kier molecular flexibility index (Phi) is 3.02. The summed E-state index contributed by atoms with van der Waals surface area (Å²) < 4.78 is 5.39. The fourth-order valence-corrected chi connectivity index (χ4v) is 3.51. The largest absolute Gasteiger partial charge is 0.495 e. The Morgan fingerprint density at radius 1 is 1.22 bits per heavy atom. The maximum absolute atomic E-state index is 5.39. The number of allylic oxidation sites excluding steroid dienone is 2. The Bertz CT molecular complexity index is 454. The van der Waals surface area contributed by atoms with Crippen molar-refractivity contribution in [2.75, 3.05) is 12.4 Å². The van der Waals surface area contributed by atoms with Crippen LogP contribution in [0.2, 0.25) is 0 Å². The molecular formula is C16H21NO. The molecule has 2 aliphatic carbocycles. The second-order valence-electron chi connectivity index (χ2n) is 5.58. The Balaban J connectivity index is 1.71. The first-order valence-corrected chi connectivity index (χ1v) is 6.86. The predicted octanol–water partition coefficient (Wildman–Crippen LogP) is 3.71. The maximum Gasteiger partial charge on any atom is 0.141 e. The smallest absolute Gasteiger partial charge is 0.141 e. The molecule has 18 heavy (non-hydrogen) atoms. The average molecular weight is 243 g/mol. The third-order valence-electron chi connectivity index (χ3n) is 4.46. The topological polar surface area (TPSA) is 21.3 Å². The van der Waals surface area contributed by atoms with Gasteiger partial charge in [0.1, 0.15) is 5.75 Å². The molecule has 2 nitrogen and oxygen atoms in total. The van der Waals surface area contributed by atoms with Crippen molar-refractivity contribution in [1.29, 1.82) is 0 Å². The molecule has 2 heteroatoms. The van der Waals surface area contributed by atoms with E-state index in [1.807, 2.05) is 12.1 Å². The zero-order valence-corrected chi connectivity index (χ0v) is 11.1. The van der Waals surface area contributed by atoms with E-state index >= 15 is 0 Å². The Morgan fingerprint density at radius 2 is 2.06 bits per heavy atom. The molecule has 1 aromatic rings. The van der Waals surface area contributed by atoms with Crippen LogP contribution in [0.4, 0.5) is 5.69 Å². The van der Waals surface area contributed by atoms with Gasteiger partial charge in [-0.3, -0.25) is 0 Å². The van der Waals surface area contributed by atoms with Crippen LogP contribution >= 0.6 is 0 Å². The number of benzene rings is 1. The van der Waals surface area contributed by atoms with E-state index in [4.69, 9.17) is 4.74 Å². The molecule has 0 heterocycles. The summed E-state index contributed by atoms with van der Waals surface area (Å²) in [6.07, 6.45) is 7.52. The number of anilines is 1. The van der Waals surface area contributed by atoms with E-state index in [-0.39, 0.29) is 0 Å². The molecule has 0 aromatic heterocycles. The molecule has 2 bridgehead atoms. The van der Waals surface area contributed by atoms with Gasteiger partial charge in [0.15, 0.2) is 0 Å². The molecule has 0 aliphatic heterocycles. The molecule has 3 rings (SSSR count). The van der Waals surface area contributed by atoms with Crippen molar-refractivity contribution in [3.8, 4) is 5.75 Å². The molecule has 1 fully saturated rings. The van der Waals surface area contributed by atoms with E-state index in [1.165, 1.54) is 12.8 Å². The van der Waals surface area contributed by atoms with Crippen molar-refractivity contribution in [1.82, 2.24) is 0 Å². The van der Waals surface area contributed by atoms with Gasteiger partial charge in [0.05, 0.1) is 12.8 Å². The molecule has 0 saturated heterocycles. The predicted molar refractivity (Wildman–Crippen MR) is 74.9 cm³/mol. The van der Waals surface area contributed by atoms with E-state index < -0.39 is 0 Å². The van der Waals surface area contributed by atoms with Crippen LogP contribution in [0.5, 0.6) is 5.75 Å². The van der Waals surface area contributed by atoms with E-state index in [0.717, 1.165) is 29.2 Å². The summed E-state index contributed by atoms with van der Waals surface area (Å²) >= 11 is 0. The molecule has 0 spiro atoms. The Hall–Kier alpha value is -1.44. The van der Waals surface area contributed by atoms with Crippen molar-refractivity contribution >= 4 is 5.69 Å². The molecule has 4 unspecified atom stereocenters. The standard InChI is InChI=1S/C16H21NO/c1-11(14-10-12-7-8-13(14)9-12)17-15-5-3-4-6-16(15)18-2/h3-8,11-14,17H,9-10H2,1-2H3. The number of fused-ring (bicyclic) bond motifs is 2. The number of hydrogen-bond donors (Lipinski definition) is 1. The quantitative estimate of drug-likeness (QED) is 0.814. The van der Waals surface area contributed by atoms with Crippen molar-refractivity contribution in [3.63, 3.8) is 0 Å². The van der Waals surface area contributed by atoms with Gasteiger partial charge >= 0.3 is 0 Å². The zero-order chi connectivity index (χ0) is 12.5. The molecule has 1 saturated carbocycles. The first kappa shape index (κ1) is 11.6. The van der Waals surface area contributed by atoms with Gasteiger partial charge in [-0.05, 0) is 49.7 Å². The number of para-hydroxylation sites is 2. The van der Waals surface area contributed by atoms with Crippen LogP contribution in [0.1, 0.15) is 19.8 Å². The number of nitrogens with one attached hydrogen (secondary N) is 1. The van der Waals surface area contributed by atoms with Crippen molar-refractivity contribution in [3.05, 3.63) is 36.4 Å². The highest BCUT2D eigenvalue weighted by Gasteiger charge is 2.38. The van der Waals surface area contributed by atoms with Gasteiger partial charge in [-0.1, -0.05) is 24.3 Å². The Labute approximate surface area is 109 Å². The third-order valence-corrected chi connectivity index (χ3v) is 4.46. The van der Waals surface area contributed by atoms with Crippen molar-refractivity contribution in [2.24, 2.45) is 17.8 Å². The van der Waals surface area contributed by atoms with Gasteiger partial charge in [0.2, 0.25) is 0 Å². The third kappa shape index (κ3) is 2.00. The average Bonchev–Trinajstić information content (AvgIpc) is 3.01. The van der Waals surface area contributed by atoms with E-state index in [2.05, 4.69) is 36.5 Å². The lowest BCUT2D eigenvalue weighted by molar-refractivity contribution is 0.393. The van der Waals surface area contributed by atoms with Crippen LogP contribution in [0.3, 0.4) is 0 Å². The van der Waals surface area contributed by atoms with Crippen LogP contribution in [0.25, 0.3) is 0 Å². The second-order valence-corrected chi connectivity index (χ2v) is 5.58. The summed E-state index contributed by atoms with van der Waals surface area (Å²) in [6, 6.07) is 8.67. The first-order valence-electron chi connectivity index (χ1n) is 6.86. The van der Waals surface area contributed by atoms with Gasteiger partial charge in [0, 0.05) is 6.04 Å². The number of rotatable bonds is 4. The highest BCUT2D eigenvalue weighted by Crippen LogP contribution is 2.45. The molecule has 96 valence electrons. The maximum atomic E-state index is 5.39. The van der Waals surface area contributed by atoms with Crippen LogP contribution in [0.15, 0.2) is 36.4 Å². The van der Waals surface area contributed by atoms with Crippen LogP contribution in [0, 0.1) is 17.8 Å². The molecule has 0 radical (unpaired) electrons. The number of ether oxygens (including phenoxy) is 1. The second kappa shape index (κ2) is 4.68. The SMILES string of the molecule is COc1ccccc1NC(C)C1CC2C=CC1C2. The minimum atomic E-state index is 0.501. The first-order chi connectivity index (χ1) is 8.78. The minimum Gasteiger partial charge on any atom is -0.495 e. The lowest BCUT2D eigenvalue weighted by Crippen LogP contribution is -2.28. The van der Waals surface area contributed by atoms with Crippen LogP contribution < -0.4 is 10.1 Å². The highest BCUT2D eigenvalue weighted by atomic mass is 16.5. The van der Waals surface area contributed by atoms with Crippen molar-refractivity contribution in [2.45, 2.75) is 25.8 Å². The summed E-state index contributed by atoms with van der Waals surface area (Å²) in [5.74, 6) is 3.32. The summed E-state index contributed by atoms with van der Waals surface area (Å²) in [5.41, 5.74) is 1.11. The lowest BCUT2D eigenvalue weighted by Gasteiger charge is -2.27. The fraction of sp³-hybridized carbons (Fsp3) is 0.500. The normalized spacial score (nSPS) is 30.4. The van der Waals surface area contributed by atoms with Crippen molar-refractivity contribution < 1.29 is 4.74 Å². The summed E-state index contributed by atoms with van der Waals surface area (Å²) in [7, 11) is 1.73. The van der Waals surface area contributed by atoms with Crippen LogP contribution in [-0.4, -0.2) is 13.2 Å².